The van der Waals surface area contributed by atoms with Crippen LogP contribution in [-0.2, 0) is 9.53 Å². The molecule has 1 fully saturated rings. The van der Waals surface area contributed by atoms with Gasteiger partial charge in [-0.1, -0.05) is 37.6 Å². The number of aryl methyl sites for hydroxylation is 1. The van der Waals surface area contributed by atoms with E-state index in [4.69, 9.17) is 14.6 Å². The second-order valence-corrected chi connectivity index (χ2v) is 13.8. The first-order valence-electron chi connectivity index (χ1n) is 16.1. The summed E-state index contributed by atoms with van der Waals surface area (Å²) in [5.41, 5.74) is 3.78. The van der Waals surface area contributed by atoms with E-state index in [0.29, 0.717) is 54.1 Å². The average molecular weight is 632 g/mol. The number of carbonyl (C=O) groups is 1. The van der Waals surface area contributed by atoms with Crippen LogP contribution in [0.5, 0.6) is 5.75 Å². The highest BCUT2D eigenvalue weighted by Gasteiger charge is 2.36. The number of anilines is 1. The van der Waals surface area contributed by atoms with E-state index in [1.807, 2.05) is 78.1 Å². The number of benzene rings is 2. The Hall–Kier alpha value is -3.95. The average Bonchev–Trinajstić information content (AvgIpc) is 3.39. The van der Waals surface area contributed by atoms with Crippen molar-refractivity contribution in [3.05, 3.63) is 71.7 Å². The van der Waals surface area contributed by atoms with Crippen LogP contribution in [0.3, 0.4) is 0 Å². The zero-order valence-electron chi connectivity index (χ0n) is 27.9. The molecule has 2 aromatic carbocycles. The summed E-state index contributed by atoms with van der Waals surface area (Å²) < 4.78 is 29.5. The topological polar surface area (TPSA) is 96.5 Å². The minimum Gasteiger partial charge on any atom is -0.490 e. The Balaban J connectivity index is 1.65. The summed E-state index contributed by atoms with van der Waals surface area (Å²) in [6, 6.07) is 14.4. The Bertz CT molecular complexity index is 1710. The fourth-order valence-corrected chi connectivity index (χ4v) is 6.25. The van der Waals surface area contributed by atoms with E-state index in [0.717, 1.165) is 35.2 Å². The highest BCUT2D eigenvalue weighted by molar-refractivity contribution is 5.87. The number of hydrogen-bond acceptors (Lipinski definition) is 6. The zero-order valence-corrected chi connectivity index (χ0v) is 27.9. The number of carboxylic acid groups (broad SMARTS) is 1. The van der Waals surface area contributed by atoms with Gasteiger partial charge in [0.1, 0.15) is 11.6 Å². The quantitative estimate of drug-likeness (QED) is 0.183. The molecule has 3 heterocycles. The van der Waals surface area contributed by atoms with E-state index >= 15 is 4.39 Å². The molecule has 5 rings (SSSR count). The van der Waals surface area contributed by atoms with Crippen molar-refractivity contribution in [1.82, 2.24) is 9.61 Å². The number of aromatic nitrogens is 2. The predicted molar refractivity (Wildman–Crippen MR) is 179 cm³/mol. The lowest BCUT2D eigenvalue weighted by molar-refractivity contribution is -0.160. The van der Waals surface area contributed by atoms with Gasteiger partial charge in [0.05, 0.1) is 39.8 Å². The monoisotopic (exact) mass is 631 g/mol. The summed E-state index contributed by atoms with van der Waals surface area (Å²) in [7, 11) is 0. The molecule has 1 saturated heterocycles. The van der Waals surface area contributed by atoms with Gasteiger partial charge in [-0.3, -0.25) is 0 Å². The van der Waals surface area contributed by atoms with Crippen molar-refractivity contribution in [1.29, 1.82) is 0 Å². The fourth-order valence-electron chi connectivity index (χ4n) is 6.25. The highest BCUT2D eigenvalue weighted by atomic mass is 19.1. The third-order valence-corrected chi connectivity index (χ3v) is 8.53. The van der Waals surface area contributed by atoms with E-state index < -0.39 is 23.3 Å². The number of ether oxygens (including phenoxy) is 2. The molecule has 1 aliphatic heterocycles. The van der Waals surface area contributed by atoms with E-state index in [9.17, 15) is 15.0 Å². The Labute approximate surface area is 270 Å². The Morgan fingerprint density at radius 2 is 1.78 bits per heavy atom. The van der Waals surface area contributed by atoms with E-state index in [1.165, 1.54) is 6.07 Å². The molecule has 2 N–H and O–H groups in total. The third kappa shape index (κ3) is 7.21. The third-order valence-electron chi connectivity index (χ3n) is 8.53. The number of aliphatic carboxylic acids is 1. The predicted octanol–water partition coefficient (Wildman–Crippen LogP) is 7.98. The van der Waals surface area contributed by atoms with Crippen molar-refractivity contribution in [2.24, 2.45) is 0 Å². The number of carboxylic acids is 1. The van der Waals surface area contributed by atoms with Gasteiger partial charge < -0.3 is 24.6 Å². The molecule has 2 aromatic heterocycles. The SMILES string of the molecule is CCCC(C)Oc1cccc(F)c1-c1cccc(-c2cc3c(N4CCC(C)(O)CC4)c(C(OC(C)(C)C)C(=O)O)c(C)cn3n2)c1. The fraction of sp³-hybridized carbons (Fsp3) is 0.459. The highest BCUT2D eigenvalue weighted by Crippen LogP contribution is 2.41. The van der Waals surface area contributed by atoms with Crippen molar-refractivity contribution < 1.29 is 28.9 Å². The van der Waals surface area contributed by atoms with Gasteiger partial charge in [0.2, 0.25) is 0 Å². The number of hydrogen-bond donors (Lipinski definition) is 2. The number of rotatable bonds is 10. The molecule has 8 nitrogen and oxygen atoms in total. The summed E-state index contributed by atoms with van der Waals surface area (Å²) in [6.45, 7) is 14.4. The lowest BCUT2D eigenvalue weighted by Crippen LogP contribution is -2.43. The Kier molecular flexibility index (Phi) is 9.47. The Morgan fingerprint density at radius 3 is 2.43 bits per heavy atom. The van der Waals surface area contributed by atoms with Gasteiger partial charge in [-0.25, -0.2) is 13.7 Å². The molecule has 4 aromatic rings. The first-order chi connectivity index (χ1) is 21.7. The maximum atomic E-state index is 15.4. The Morgan fingerprint density at radius 1 is 1.11 bits per heavy atom. The first kappa shape index (κ1) is 33.4. The summed E-state index contributed by atoms with van der Waals surface area (Å²) >= 11 is 0. The van der Waals surface area contributed by atoms with Gasteiger partial charge in [0.15, 0.2) is 6.10 Å². The summed E-state index contributed by atoms with van der Waals surface area (Å²) in [5.74, 6) is -0.943. The second-order valence-electron chi connectivity index (χ2n) is 13.8. The van der Waals surface area contributed by atoms with E-state index in [1.54, 1.807) is 16.6 Å². The van der Waals surface area contributed by atoms with Gasteiger partial charge >= 0.3 is 5.97 Å². The smallest absolute Gasteiger partial charge is 0.337 e. The van der Waals surface area contributed by atoms with Crippen LogP contribution in [0.1, 0.15) is 84.5 Å². The zero-order chi connectivity index (χ0) is 33.4. The van der Waals surface area contributed by atoms with Crippen molar-refractivity contribution in [2.45, 2.75) is 97.6 Å². The molecule has 9 heteroatoms. The molecule has 46 heavy (non-hydrogen) atoms. The maximum Gasteiger partial charge on any atom is 0.337 e. The number of halogens is 1. The van der Waals surface area contributed by atoms with Gasteiger partial charge in [-0.05, 0) is 96.2 Å². The van der Waals surface area contributed by atoms with Crippen LogP contribution in [0.2, 0.25) is 0 Å². The molecular formula is C37H46FN3O5. The van der Waals surface area contributed by atoms with Gasteiger partial charge in [-0.15, -0.1) is 0 Å². The molecule has 0 spiro atoms. The molecule has 0 amide bonds. The first-order valence-corrected chi connectivity index (χ1v) is 16.1. The minimum atomic E-state index is -1.21. The molecular weight excluding hydrogens is 585 g/mol. The van der Waals surface area contributed by atoms with Crippen molar-refractivity contribution in [3.63, 3.8) is 0 Å². The minimum absolute atomic E-state index is 0.0570. The van der Waals surface area contributed by atoms with Gasteiger partial charge in [0, 0.05) is 30.4 Å². The standard InChI is InChI=1S/C37H46FN3O5/c1-8-11-24(3)45-30-15-10-14-27(38)32(30)26-13-9-12-25(20-26)28-21-29-33(40-18-16-37(7,44)17-19-40)31(23(2)22-41(29)39-28)34(35(42)43)46-36(4,5)6/h9-10,12-15,20-22,24,34,44H,8,11,16-19H2,1-7H3,(H,42,43). The molecule has 0 radical (unpaired) electrons. The molecule has 246 valence electrons. The van der Waals surface area contributed by atoms with Gasteiger partial charge in [0.25, 0.3) is 0 Å². The number of aliphatic hydroxyl groups is 1. The second kappa shape index (κ2) is 13.0. The number of nitrogens with zero attached hydrogens (tertiary/aromatic N) is 3. The van der Waals surface area contributed by atoms with Crippen LogP contribution < -0.4 is 9.64 Å². The van der Waals surface area contributed by atoms with Crippen LogP contribution >= 0.6 is 0 Å². The maximum absolute atomic E-state index is 15.4. The molecule has 0 saturated carbocycles. The van der Waals surface area contributed by atoms with Crippen molar-refractivity contribution >= 4 is 17.2 Å². The van der Waals surface area contributed by atoms with Crippen LogP contribution in [0.4, 0.5) is 10.1 Å². The van der Waals surface area contributed by atoms with Crippen molar-refractivity contribution in [2.75, 3.05) is 18.0 Å². The van der Waals surface area contributed by atoms with Crippen LogP contribution in [-0.4, -0.2) is 56.2 Å². The van der Waals surface area contributed by atoms with E-state index in [2.05, 4.69) is 11.8 Å². The van der Waals surface area contributed by atoms with E-state index in [-0.39, 0.29) is 11.9 Å². The van der Waals surface area contributed by atoms with Crippen LogP contribution in [0, 0.1) is 12.7 Å². The molecule has 2 atom stereocenters. The number of fused-ring (bicyclic) bond motifs is 1. The largest absolute Gasteiger partial charge is 0.490 e. The lowest BCUT2D eigenvalue weighted by Gasteiger charge is -2.39. The number of piperidine rings is 1. The molecule has 0 bridgehead atoms. The molecule has 2 unspecified atom stereocenters. The summed E-state index contributed by atoms with van der Waals surface area (Å²) in [6.07, 6.45) is 3.47. The van der Waals surface area contributed by atoms with Crippen molar-refractivity contribution in [3.8, 4) is 28.1 Å². The molecule has 1 aliphatic rings. The summed E-state index contributed by atoms with van der Waals surface area (Å²) in [5, 5.41) is 26.0. The van der Waals surface area contributed by atoms with Crippen LogP contribution in [0.15, 0.2) is 54.7 Å². The molecule has 0 aliphatic carbocycles. The lowest BCUT2D eigenvalue weighted by atomic mass is 9.92. The number of pyridine rings is 1. The summed E-state index contributed by atoms with van der Waals surface area (Å²) in [4.78, 5) is 14.9. The normalized spacial score (nSPS) is 16.4. The van der Waals surface area contributed by atoms with Crippen LogP contribution in [0.25, 0.3) is 27.9 Å². The van der Waals surface area contributed by atoms with Gasteiger partial charge in [-0.2, -0.15) is 5.10 Å².